The number of aliphatic hydroxyl groups excluding tert-OH is 1. The van der Waals surface area contributed by atoms with E-state index in [2.05, 4.69) is 13.2 Å². The first-order chi connectivity index (χ1) is 12.8. The number of ether oxygens (including phenoxy) is 2. The lowest BCUT2D eigenvalue weighted by Crippen LogP contribution is -2.44. The standard InChI is InChI=1S/C24H30O4/c1-9-22(3,4)16-13-15-18(25)14-11-12-24(7,8)28-20(14)17(23(5,6)10-2)19(15)27-21(16)26/h9-13,15,19,25H,1-2H2,3-8H3/t15-,19-/m0/s1. The summed E-state index contributed by atoms with van der Waals surface area (Å²) in [5, 5.41) is 11.1. The summed E-state index contributed by atoms with van der Waals surface area (Å²) in [6.07, 6.45) is 8.53. The Kier molecular flexibility index (Phi) is 4.53. The van der Waals surface area contributed by atoms with Gasteiger partial charge in [-0.1, -0.05) is 45.9 Å². The van der Waals surface area contributed by atoms with E-state index in [1.807, 2.05) is 65.8 Å². The average Bonchev–Trinajstić information content (AvgIpc) is 2.60. The van der Waals surface area contributed by atoms with E-state index in [-0.39, 0.29) is 5.76 Å². The molecule has 1 aliphatic carbocycles. The van der Waals surface area contributed by atoms with E-state index < -0.39 is 34.4 Å². The third kappa shape index (κ3) is 3.05. The fraction of sp³-hybridized carbons (Fsp3) is 0.458. The van der Waals surface area contributed by atoms with Crippen LogP contribution in [0.1, 0.15) is 41.5 Å². The monoisotopic (exact) mass is 382 g/mol. The largest absolute Gasteiger partial charge is 0.511 e. The molecule has 2 heterocycles. The molecule has 0 aromatic rings. The van der Waals surface area contributed by atoms with Crippen molar-refractivity contribution in [1.82, 2.24) is 0 Å². The predicted octanol–water partition coefficient (Wildman–Crippen LogP) is 5.32. The van der Waals surface area contributed by atoms with Crippen molar-refractivity contribution < 1.29 is 19.4 Å². The van der Waals surface area contributed by atoms with Crippen LogP contribution in [-0.4, -0.2) is 22.8 Å². The van der Waals surface area contributed by atoms with Gasteiger partial charge in [-0.25, -0.2) is 4.79 Å². The van der Waals surface area contributed by atoms with E-state index >= 15 is 0 Å². The van der Waals surface area contributed by atoms with Gasteiger partial charge in [0, 0.05) is 22.0 Å². The van der Waals surface area contributed by atoms with E-state index in [0.717, 1.165) is 5.57 Å². The number of aliphatic hydroxyl groups is 1. The number of carbonyl (C=O) groups excluding carboxylic acids is 1. The molecule has 2 aliphatic heterocycles. The SMILES string of the molecule is C=CC(C)(C)C1=C[C@H]2C(O)=C3C=CC(C)(C)OC3=C(C(C)(C)C=C)[C@H]2OC1=O. The molecule has 0 saturated heterocycles. The maximum atomic E-state index is 12.9. The van der Waals surface area contributed by atoms with Gasteiger partial charge in [-0.3, -0.25) is 0 Å². The van der Waals surface area contributed by atoms with Crippen LogP contribution < -0.4 is 0 Å². The van der Waals surface area contributed by atoms with E-state index in [1.165, 1.54) is 0 Å². The first-order valence-electron chi connectivity index (χ1n) is 9.61. The molecular formula is C24H30O4. The van der Waals surface area contributed by atoms with Crippen molar-refractivity contribution in [3.05, 3.63) is 71.8 Å². The van der Waals surface area contributed by atoms with Gasteiger partial charge in [0.05, 0.1) is 11.5 Å². The molecule has 0 bridgehead atoms. The van der Waals surface area contributed by atoms with Crippen molar-refractivity contribution in [1.29, 1.82) is 0 Å². The minimum Gasteiger partial charge on any atom is -0.511 e. The molecule has 0 fully saturated rings. The number of carbonyl (C=O) groups is 1. The molecular weight excluding hydrogens is 352 g/mol. The average molecular weight is 383 g/mol. The maximum absolute atomic E-state index is 12.9. The first kappa shape index (κ1) is 20.2. The van der Waals surface area contributed by atoms with Gasteiger partial charge in [-0.2, -0.15) is 0 Å². The predicted molar refractivity (Wildman–Crippen MR) is 110 cm³/mol. The van der Waals surface area contributed by atoms with Crippen LogP contribution in [0.2, 0.25) is 0 Å². The van der Waals surface area contributed by atoms with Gasteiger partial charge in [0.25, 0.3) is 0 Å². The minimum absolute atomic E-state index is 0.153. The first-order valence-corrected chi connectivity index (χ1v) is 9.61. The smallest absolute Gasteiger partial charge is 0.335 e. The van der Waals surface area contributed by atoms with E-state index in [4.69, 9.17) is 9.47 Å². The summed E-state index contributed by atoms with van der Waals surface area (Å²) in [5.74, 6) is -0.149. The van der Waals surface area contributed by atoms with Crippen molar-refractivity contribution >= 4 is 5.97 Å². The second kappa shape index (κ2) is 6.26. The summed E-state index contributed by atoms with van der Waals surface area (Å²) in [4.78, 5) is 12.9. The van der Waals surface area contributed by atoms with E-state index in [1.54, 1.807) is 6.08 Å². The summed E-state index contributed by atoms with van der Waals surface area (Å²) < 4.78 is 12.2. The zero-order chi connectivity index (χ0) is 21.1. The van der Waals surface area contributed by atoms with Crippen LogP contribution in [0.5, 0.6) is 0 Å². The lowest BCUT2D eigenvalue weighted by molar-refractivity contribution is -0.147. The molecule has 3 aliphatic rings. The number of esters is 1. The van der Waals surface area contributed by atoms with Crippen LogP contribution in [0.3, 0.4) is 0 Å². The number of allylic oxidation sites excluding steroid dienone is 3. The summed E-state index contributed by atoms with van der Waals surface area (Å²) in [5.41, 5.74) is 0.361. The summed E-state index contributed by atoms with van der Waals surface area (Å²) in [6.45, 7) is 19.5. The Morgan fingerprint density at radius 2 is 1.75 bits per heavy atom. The number of hydrogen-bond donors (Lipinski definition) is 1. The highest BCUT2D eigenvalue weighted by Gasteiger charge is 2.49. The van der Waals surface area contributed by atoms with Crippen LogP contribution >= 0.6 is 0 Å². The summed E-state index contributed by atoms with van der Waals surface area (Å²) >= 11 is 0. The molecule has 0 amide bonds. The van der Waals surface area contributed by atoms with Crippen molar-refractivity contribution in [3.63, 3.8) is 0 Å². The highest BCUT2D eigenvalue weighted by atomic mass is 16.5. The van der Waals surface area contributed by atoms with Crippen molar-refractivity contribution in [3.8, 4) is 0 Å². The molecule has 28 heavy (non-hydrogen) atoms. The van der Waals surface area contributed by atoms with Crippen LogP contribution in [0, 0.1) is 16.7 Å². The number of rotatable bonds is 4. The molecule has 0 unspecified atom stereocenters. The quantitative estimate of drug-likeness (QED) is 0.528. The Balaban J connectivity index is 2.28. The topological polar surface area (TPSA) is 55.8 Å². The molecule has 0 saturated carbocycles. The number of hydrogen-bond acceptors (Lipinski definition) is 4. The Labute approximate surface area is 167 Å². The highest BCUT2D eigenvalue weighted by Crippen LogP contribution is 2.50. The molecule has 0 aromatic heterocycles. The van der Waals surface area contributed by atoms with Crippen LogP contribution in [0.25, 0.3) is 0 Å². The third-order valence-corrected chi connectivity index (χ3v) is 5.92. The van der Waals surface area contributed by atoms with Crippen LogP contribution in [0.4, 0.5) is 0 Å². The second-order valence-corrected chi connectivity index (χ2v) is 9.36. The van der Waals surface area contributed by atoms with E-state index in [9.17, 15) is 9.90 Å². The normalized spacial score (nSPS) is 26.6. The molecule has 150 valence electrons. The minimum atomic E-state index is -0.647. The summed E-state index contributed by atoms with van der Waals surface area (Å²) in [6, 6.07) is 0. The lowest BCUT2D eigenvalue weighted by atomic mass is 9.69. The molecule has 0 aromatic carbocycles. The Morgan fingerprint density at radius 3 is 2.32 bits per heavy atom. The Hall–Kier alpha value is -2.49. The van der Waals surface area contributed by atoms with Gasteiger partial charge in [-0.15, -0.1) is 13.2 Å². The molecule has 4 heteroatoms. The van der Waals surface area contributed by atoms with Crippen molar-refractivity contribution in [2.75, 3.05) is 0 Å². The van der Waals surface area contributed by atoms with Gasteiger partial charge in [-0.05, 0) is 26.0 Å². The van der Waals surface area contributed by atoms with Crippen molar-refractivity contribution in [2.24, 2.45) is 16.7 Å². The fourth-order valence-corrected chi connectivity index (χ4v) is 3.83. The van der Waals surface area contributed by atoms with Gasteiger partial charge in [0.1, 0.15) is 23.2 Å². The highest BCUT2D eigenvalue weighted by molar-refractivity contribution is 5.92. The van der Waals surface area contributed by atoms with Gasteiger partial charge in [0.2, 0.25) is 0 Å². The van der Waals surface area contributed by atoms with Crippen molar-refractivity contribution in [2.45, 2.75) is 53.2 Å². The van der Waals surface area contributed by atoms with Gasteiger partial charge in [0.15, 0.2) is 0 Å². The number of fused-ring (bicyclic) bond motifs is 2. The lowest BCUT2D eigenvalue weighted by Gasteiger charge is -2.45. The maximum Gasteiger partial charge on any atom is 0.335 e. The van der Waals surface area contributed by atoms with Gasteiger partial charge < -0.3 is 14.6 Å². The van der Waals surface area contributed by atoms with Crippen LogP contribution in [0.15, 0.2) is 71.8 Å². The Morgan fingerprint density at radius 1 is 1.14 bits per heavy atom. The fourth-order valence-electron chi connectivity index (χ4n) is 3.83. The summed E-state index contributed by atoms with van der Waals surface area (Å²) in [7, 11) is 0. The zero-order valence-electron chi connectivity index (χ0n) is 17.6. The molecule has 0 spiro atoms. The van der Waals surface area contributed by atoms with Crippen LogP contribution in [-0.2, 0) is 14.3 Å². The zero-order valence-corrected chi connectivity index (χ0v) is 17.6. The second-order valence-electron chi connectivity index (χ2n) is 9.36. The Bertz CT molecular complexity index is 874. The van der Waals surface area contributed by atoms with Gasteiger partial charge >= 0.3 is 5.97 Å². The molecule has 1 N–H and O–H groups in total. The molecule has 0 radical (unpaired) electrons. The van der Waals surface area contributed by atoms with E-state index in [0.29, 0.717) is 16.9 Å². The molecule has 2 atom stereocenters. The molecule has 4 nitrogen and oxygen atoms in total. The molecule has 3 rings (SSSR count). The third-order valence-electron chi connectivity index (χ3n) is 5.92.